The van der Waals surface area contributed by atoms with E-state index in [0.717, 1.165) is 18.7 Å². The Bertz CT molecular complexity index is 739. The third kappa shape index (κ3) is 4.71. The van der Waals surface area contributed by atoms with Gasteiger partial charge in [0.15, 0.2) is 0 Å². The number of nitrogens with zero attached hydrogens (tertiary/aromatic N) is 1. The van der Waals surface area contributed by atoms with Crippen LogP contribution in [0.5, 0.6) is 0 Å². The zero-order valence-electron chi connectivity index (χ0n) is 15.0. The number of likely N-dealkylation sites (tertiary alicyclic amines) is 1. The summed E-state index contributed by atoms with van der Waals surface area (Å²) in [4.78, 5) is 26.9. The van der Waals surface area contributed by atoms with Crippen LogP contribution in [0, 0.1) is 6.92 Å². The summed E-state index contributed by atoms with van der Waals surface area (Å²) in [5.41, 5.74) is 2.80. The lowest BCUT2D eigenvalue weighted by Crippen LogP contribution is -2.43. The number of aryl methyl sites for hydroxylation is 1. The van der Waals surface area contributed by atoms with Gasteiger partial charge in [0.25, 0.3) is 0 Å². The number of piperidine rings is 1. The fraction of sp³-hybridized carbons (Fsp3) is 0.400. The molecule has 26 heavy (non-hydrogen) atoms. The lowest BCUT2D eigenvalue weighted by atomic mass is 10.0. The molecular weight excluding hydrogens is 346 g/mol. The van der Waals surface area contributed by atoms with Crippen molar-refractivity contribution in [1.82, 2.24) is 10.2 Å². The monoisotopic (exact) mass is 371 g/mol. The van der Waals surface area contributed by atoms with Crippen LogP contribution in [-0.4, -0.2) is 36.3 Å². The molecule has 1 aromatic heterocycles. The van der Waals surface area contributed by atoms with Crippen molar-refractivity contribution < 1.29 is 9.59 Å². The standard InChI is InChI=1S/C20H25N3O2S/c1-15-7-3-4-8-17(15)22-20(25)19(24)21-13-18(16-9-12-26-14-16)23-10-5-2-6-11-23/h3-4,7-9,12,14,18H,2,5-6,10-11,13H2,1H3,(H,21,24)(H,22,25). The van der Waals surface area contributed by atoms with E-state index < -0.39 is 11.8 Å². The van der Waals surface area contributed by atoms with E-state index in [1.165, 1.54) is 24.8 Å². The van der Waals surface area contributed by atoms with E-state index in [1.807, 2.05) is 25.1 Å². The maximum atomic E-state index is 12.3. The summed E-state index contributed by atoms with van der Waals surface area (Å²) in [5.74, 6) is -1.22. The Morgan fingerprint density at radius 3 is 2.58 bits per heavy atom. The smallest absolute Gasteiger partial charge is 0.313 e. The average Bonchev–Trinajstić information content (AvgIpc) is 3.19. The number of carbonyl (C=O) groups is 2. The van der Waals surface area contributed by atoms with E-state index >= 15 is 0 Å². The quantitative estimate of drug-likeness (QED) is 0.793. The number of benzene rings is 1. The highest BCUT2D eigenvalue weighted by Crippen LogP contribution is 2.25. The first-order chi connectivity index (χ1) is 12.6. The van der Waals surface area contributed by atoms with Gasteiger partial charge in [-0.25, -0.2) is 0 Å². The summed E-state index contributed by atoms with van der Waals surface area (Å²) >= 11 is 1.66. The van der Waals surface area contributed by atoms with E-state index in [-0.39, 0.29) is 6.04 Å². The van der Waals surface area contributed by atoms with Crippen LogP contribution >= 0.6 is 11.3 Å². The third-order valence-electron chi connectivity index (χ3n) is 4.81. The van der Waals surface area contributed by atoms with Gasteiger partial charge >= 0.3 is 11.8 Å². The lowest BCUT2D eigenvalue weighted by molar-refractivity contribution is -0.136. The van der Waals surface area contributed by atoms with Crippen molar-refractivity contribution >= 4 is 28.8 Å². The van der Waals surface area contributed by atoms with E-state index in [9.17, 15) is 9.59 Å². The Labute approximate surface area is 158 Å². The van der Waals surface area contributed by atoms with Gasteiger partial charge in [-0.15, -0.1) is 0 Å². The number of amides is 2. The van der Waals surface area contributed by atoms with E-state index in [4.69, 9.17) is 0 Å². The Balaban J connectivity index is 1.60. The maximum absolute atomic E-state index is 12.3. The number of nitrogens with one attached hydrogen (secondary N) is 2. The number of rotatable bonds is 5. The molecule has 2 amide bonds. The van der Waals surface area contributed by atoms with Crippen LogP contribution in [0.25, 0.3) is 0 Å². The van der Waals surface area contributed by atoms with Gasteiger partial charge in [0.05, 0.1) is 6.04 Å². The van der Waals surface area contributed by atoms with Crippen molar-refractivity contribution in [1.29, 1.82) is 0 Å². The molecule has 0 radical (unpaired) electrons. The normalized spacial score (nSPS) is 16.0. The maximum Gasteiger partial charge on any atom is 0.313 e. The highest BCUT2D eigenvalue weighted by molar-refractivity contribution is 7.08. The van der Waals surface area contributed by atoms with Gasteiger partial charge in [-0.3, -0.25) is 14.5 Å². The van der Waals surface area contributed by atoms with Gasteiger partial charge in [0, 0.05) is 12.2 Å². The molecule has 2 aromatic rings. The van der Waals surface area contributed by atoms with Gasteiger partial charge in [-0.1, -0.05) is 24.6 Å². The summed E-state index contributed by atoms with van der Waals surface area (Å²) in [7, 11) is 0. The van der Waals surface area contributed by atoms with E-state index in [1.54, 1.807) is 17.4 Å². The van der Waals surface area contributed by atoms with E-state index in [0.29, 0.717) is 12.2 Å². The molecule has 3 rings (SSSR count). The van der Waals surface area contributed by atoms with Crippen molar-refractivity contribution in [3.8, 4) is 0 Å². The predicted molar refractivity (Wildman–Crippen MR) is 105 cm³/mol. The topological polar surface area (TPSA) is 61.4 Å². The van der Waals surface area contributed by atoms with Crippen molar-refractivity contribution in [3.05, 3.63) is 52.2 Å². The highest BCUT2D eigenvalue weighted by Gasteiger charge is 2.24. The molecule has 1 fully saturated rings. The second-order valence-corrected chi connectivity index (χ2v) is 7.43. The van der Waals surface area contributed by atoms with Crippen molar-refractivity contribution in [2.45, 2.75) is 32.2 Å². The predicted octanol–water partition coefficient (Wildman–Crippen LogP) is 3.34. The first kappa shape index (κ1) is 18.6. The van der Waals surface area contributed by atoms with Gasteiger partial charge < -0.3 is 10.6 Å². The van der Waals surface area contributed by atoms with Gasteiger partial charge in [0.2, 0.25) is 0 Å². The zero-order valence-corrected chi connectivity index (χ0v) is 15.8. The number of anilines is 1. The summed E-state index contributed by atoms with van der Waals surface area (Å²) < 4.78 is 0. The minimum absolute atomic E-state index is 0.122. The molecule has 1 aliphatic heterocycles. The molecule has 0 spiro atoms. The van der Waals surface area contributed by atoms with Crippen LogP contribution in [-0.2, 0) is 9.59 Å². The van der Waals surface area contributed by atoms with Crippen molar-refractivity contribution in [2.24, 2.45) is 0 Å². The molecule has 2 N–H and O–H groups in total. The molecule has 1 aromatic carbocycles. The van der Waals surface area contributed by atoms with Crippen LogP contribution in [0.2, 0.25) is 0 Å². The fourth-order valence-corrected chi connectivity index (χ4v) is 4.02. The summed E-state index contributed by atoms with van der Waals surface area (Å²) in [6.07, 6.45) is 3.63. The second-order valence-electron chi connectivity index (χ2n) is 6.65. The Morgan fingerprint density at radius 2 is 1.88 bits per heavy atom. The van der Waals surface area contributed by atoms with Gasteiger partial charge in [-0.05, 0) is 66.9 Å². The molecule has 1 aliphatic rings. The number of thiophene rings is 1. The molecule has 0 aliphatic carbocycles. The molecule has 0 bridgehead atoms. The molecule has 6 heteroatoms. The molecule has 138 valence electrons. The summed E-state index contributed by atoms with van der Waals surface area (Å²) in [6, 6.07) is 9.65. The van der Waals surface area contributed by atoms with Crippen LogP contribution < -0.4 is 10.6 Å². The summed E-state index contributed by atoms with van der Waals surface area (Å²) in [5, 5.41) is 9.68. The number of carbonyl (C=O) groups excluding carboxylic acids is 2. The molecule has 1 unspecified atom stereocenters. The van der Waals surface area contributed by atoms with Crippen LogP contribution in [0.4, 0.5) is 5.69 Å². The molecule has 0 saturated carbocycles. The second kappa shape index (κ2) is 8.96. The van der Waals surface area contributed by atoms with Crippen LogP contribution in [0.3, 0.4) is 0 Å². The zero-order chi connectivity index (χ0) is 18.4. The number of hydrogen-bond donors (Lipinski definition) is 2. The highest BCUT2D eigenvalue weighted by atomic mass is 32.1. The molecule has 5 nitrogen and oxygen atoms in total. The molecule has 2 heterocycles. The van der Waals surface area contributed by atoms with Crippen LogP contribution in [0.15, 0.2) is 41.1 Å². The largest absolute Gasteiger partial charge is 0.346 e. The first-order valence-electron chi connectivity index (χ1n) is 9.06. The summed E-state index contributed by atoms with van der Waals surface area (Å²) in [6.45, 7) is 4.41. The van der Waals surface area contributed by atoms with Crippen molar-refractivity contribution in [2.75, 3.05) is 25.0 Å². The average molecular weight is 372 g/mol. The molecular formula is C20H25N3O2S. The number of para-hydroxylation sites is 1. The lowest BCUT2D eigenvalue weighted by Gasteiger charge is -2.34. The number of hydrogen-bond acceptors (Lipinski definition) is 4. The minimum atomic E-state index is -0.623. The van der Waals surface area contributed by atoms with E-state index in [2.05, 4.69) is 32.4 Å². The van der Waals surface area contributed by atoms with Gasteiger partial charge in [0.1, 0.15) is 0 Å². The molecule has 1 atom stereocenters. The Morgan fingerprint density at radius 1 is 1.12 bits per heavy atom. The fourth-order valence-electron chi connectivity index (χ4n) is 3.31. The van der Waals surface area contributed by atoms with Crippen LogP contribution in [0.1, 0.15) is 36.4 Å². The van der Waals surface area contributed by atoms with Crippen molar-refractivity contribution in [3.63, 3.8) is 0 Å². The first-order valence-corrected chi connectivity index (χ1v) is 10.0. The van der Waals surface area contributed by atoms with Gasteiger partial charge in [-0.2, -0.15) is 11.3 Å². The minimum Gasteiger partial charge on any atom is -0.346 e. The SMILES string of the molecule is Cc1ccccc1NC(=O)C(=O)NCC(c1ccsc1)N1CCCCC1. The Kier molecular flexibility index (Phi) is 6.41. The molecule has 1 saturated heterocycles. The third-order valence-corrected chi connectivity index (χ3v) is 5.52. The Hall–Kier alpha value is -2.18.